The first-order chi connectivity index (χ1) is 16.6. The third-order valence-corrected chi connectivity index (χ3v) is 8.65. The number of rotatable bonds is 8. The van der Waals surface area contributed by atoms with Crippen molar-refractivity contribution in [3.8, 4) is 0 Å². The number of thiophene rings is 1. The van der Waals surface area contributed by atoms with Crippen LogP contribution in [0.3, 0.4) is 0 Å². The van der Waals surface area contributed by atoms with Crippen LogP contribution in [0, 0.1) is 6.92 Å². The lowest BCUT2D eigenvalue weighted by Gasteiger charge is -2.27. The van der Waals surface area contributed by atoms with Crippen molar-refractivity contribution < 1.29 is 4.79 Å². The molecule has 0 aromatic carbocycles. The number of unbranched alkanes of at least 4 members (excludes halogenated alkanes) is 1. The Kier molecular flexibility index (Phi) is 8.68. The van der Waals surface area contributed by atoms with Gasteiger partial charge in [-0.2, -0.15) is 0 Å². The number of hydrogen-bond donors (Lipinski definition) is 4. The zero-order valence-electron chi connectivity index (χ0n) is 21.0. The van der Waals surface area contributed by atoms with E-state index in [4.69, 9.17) is 0 Å². The fourth-order valence-corrected chi connectivity index (χ4v) is 6.56. The minimum atomic E-state index is -0.104. The molecule has 5 nitrogen and oxygen atoms in total. The highest BCUT2D eigenvalue weighted by Gasteiger charge is 2.22. The first kappa shape index (κ1) is 24.8. The zero-order chi connectivity index (χ0) is 23.9. The van der Waals surface area contributed by atoms with E-state index in [1.807, 2.05) is 6.20 Å². The Morgan fingerprint density at radius 2 is 2.03 bits per heavy atom. The minimum absolute atomic E-state index is 0.104. The van der Waals surface area contributed by atoms with Crippen LogP contribution in [0.1, 0.15) is 68.4 Å². The Morgan fingerprint density at radius 1 is 1.18 bits per heavy atom. The number of nitrogens with one attached hydrogen (secondary N) is 4. The van der Waals surface area contributed by atoms with Crippen LogP contribution in [0.25, 0.3) is 0 Å². The van der Waals surface area contributed by atoms with Crippen molar-refractivity contribution in [1.82, 2.24) is 16.0 Å². The number of aryl methyl sites for hydroxylation is 1. The van der Waals surface area contributed by atoms with E-state index in [-0.39, 0.29) is 6.03 Å². The minimum Gasteiger partial charge on any atom is -0.387 e. The summed E-state index contributed by atoms with van der Waals surface area (Å²) in [6.07, 6.45) is 15.6. The van der Waals surface area contributed by atoms with Gasteiger partial charge < -0.3 is 16.0 Å². The average Bonchev–Trinajstić information content (AvgIpc) is 3.18. The van der Waals surface area contributed by atoms with E-state index in [0.717, 1.165) is 50.3 Å². The number of carbonyl (C=O) groups is 1. The van der Waals surface area contributed by atoms with E-state index >= 15 is 0 Å². The lowest BCUT2D eigenvalue weighted by molar-refractivity contribution is 0.253. The first-order valence-electron chi connectivity index (χ1n) is 13.0. The van der Waals surface area contributed by atoms with Crippen molar-refractivity contribution in [2.45, 2.75) is 72.1 Å². The van der Waals surface area contributed by atoms with Crippen molar-refractivity contribution in [2.75, 3.05) is 31.5 Å². The molecular formula is C28H40N4OS. The van der Waals surface area contributed by atoms with Crippen molar-refractivity contribution in [3.05, 3.63) is 62.2 Å². The van der Waals surface area contributed by atoms with Gasteiger partial charge in [0.05, 0.1) is 5.00 Å². The van der Waals surface area contributed by atoms with Gasteiger partial charge in [0.15, 0.2) is 0 Å². The predicted molar refractivity (Wildman–Crippen MR) is 145 cm³/mol. The van der Waals surface area contributed by atoms with Crippen LogP contribution in [-0.2, 0) is 12.8 Å². The van der Waals surface area contributed by atoms with Gasteiger partial charge >= 0.3 is 6.03 Å². The van der Waals surface area contributed by atoms with Crippen molar-refractivity contribution in [2.24, 2.45) is 0 Å². The summed E-state index contributed by atoms with van der Waals surface area (Å²) in [5.74, 6) is 0. The molecule has 0 unspecified atom stereocenters. The largest absolute Gasteiger partial charge is 0.387 e. The second kappa shape index (κ2) is 11.9. The summed E-state index contributed by atoms with van der Waals surface area (Å²) < 4.78 is 0. The van der Waals surface area contributed by atoms with Gasteiger partial charge in [-0.25, -0.2) is 4.79 Å². The average molecular weight is 481 g/mol. The van der Waals surface area contributed by atoms with E-state index < -0.39 is 0 Å². The van der Waals surface area contributed by atoms with Gasteiger partial charge in [0.1, 0.15) is 0 Å². The quantitative estimate of drug-likeness (QED) is 0.375. The monoisotopic (exact) mass is 480 g/mol. The third kappa shape index (κ3) is 5.84. The van der Waals surface area contributed by atoms with Crippen LogP contribution < -0.4 is 21.3 Å². The molecule has 34 heavy (non-hydrogen) atoms. The molecule has 0 saturated heterocycles. The summed E-state index contributed by atoms with van der Waals surface area (Å²) in [5, 5.41) is 14.3. The number of fused-ring (bicyclic) bond motifs is 1. The molecule has 0 saturated carbocycles. The third-order valence-electron chi connectivity index (χ3n) is 7.34. The molecule has 0 bridgehead atoms. The maximum atomic E-state index is 13.0. The van der Waals surface area contributed by atoms with Crippen LogP contribution >= 0.6 is 11.3 Å². The fourth-order valence-electron chi connectivity index (χ4n) is 5.27. The molecule has 6 heteroatoms. The molecule has 4 rings (SSSR count). The summed E-state index contributed by atoms with van der Waals surface area (Å²) in [4.78, 5) is 14.5. The molecule has 2 aliphatic heterocycles. The Morgan fingerprint density at radius 3 is 2.79 bits per heavy atom. The SMILES string of the molecule is CCCCC1=C(/C(CNC(=O)Nc2sc3c(c2C)CCCC3)=C(\C)C2=CC=CNC2)CCNC1. The summed E-state index contributed by atoms with van der Waals surface area (Å²) in [7, 11) is 0. The summed E-state index contributed by atoms with van der Waals surface area (Å²) in [6, 6.07) is -0.104. The standard InChI is InChI=1S/C28H40N4OS/c1-4-5-9-22-17-30-15-13-24(22)25(19(2)21-10-8-14-29-16-21)18-31-28(33)32-27-20(3)23-11-6-7-12-26(23)34-27/h8,10,14,29-30H,4-7,9,11-13,15-18H2,1-3H3,(H2,31,32,33)/b25-19+. The normalized spacial score (nSPS) is 18.6. The number of anilines is 1. The molecular weight excluding hydrogens is 440 g/mol. The first-order valence-corrected chi connectivity index (χ1v) is 13.8. The topological polar surface area (TPSA) is 65.2 Å². The van der Waals surface area contributed by atoms with Gasteiger partial charge in [-0.3, -0.25) is 5.32 Å². The van der Waals surface area contributed by atoms with Gasteiger partial charge in [-0.15, -0.1) is 11.3 Å². The Labute approximate surface area is 208 Å². The highest BCUT2D eigenvalue weighted by Crippen LogP contribution is 2.37. The highest BCUT2D eigenvalue weighted by molar-refractivity contribution is 7.16. The number of dihydropyridines is 1. The predicted octanol–water partition coefficient (Wildman–Crippen LogP) is 5.90. The number of urea groups is 1. The van der Waals surface area contributed by atoms with Gasteiger partial charge in [0.25, 0.3) is 0 Å². The number of allylic oxidation sites excluding steroid dienone is 2. The van der Waals surface area contributed by atoms with Gasteiger partial charge in [-0.05, 0) is 111 Å². The molecule has 1 aliphatic carbocycles. The lowest BCUT2D eigenvalue weighted by atomic mass is 9.86. The molecule has 0 radical (unpaired) electrons. The van der Waals surface area contributed by atoms with Crippen LogP contribution in [-0.4, -0.2) is 32.2 Å². The number of hydrogen-bond acceptors (Lipinski definition) is 4. The lowest BCUT2D eigenvalue weighted by Crippen LogP contribution is -2.33. The summed E-state index contributed by atoms with van der Waals surface area (Å²) >= 11 is 1.76. The van der Waals surface area contributed by atoms with Crippen molar-refractivity contribution in [1.29, 1.82) is 0 Å². The number of amides is 2. The van der Waals surface area contributed by atoms with E-state index in [2.05, 4.69) is 54.2 Å². The van der Waals surface area contributed by atoms with E-state index in [1.54, 1.807) is 11.3 Å². The van der Waals surface area contributed by atoms with Crippen LogP contribution in [0.2, 0.25) is 0 Å². The molecule has 0 atom stereocenters. The van der Waals surface area contributed by atoms with Crippen molar-refractivity contribution in [3.63, 3.8) is 0 Å². The van der Waals surface area contributed by atoms with Gasteiger partial charge in [-0.1, -0.05) is 25.0 Å². The molecule has 2 amide bonds. The highest BCUT2D eigenvalue weighted by atomic mass is 32.1. The molecule has 0 spiro atoms. The molecule has 1 aromatic rings. The second-order valence-electron chi connectivity index (χ2n) is 9.62. The molecule has 3 aliphatic rings. The second-order valence-corrected chi connectivity index (χ2v) is 10.7. The molecule has 3 heterocycles. The van der Waals surface area contributed by atoms with Crippen molar-refractivity contribution >= 4 is 22.4 Å². The van der Waals surface area contributed by atoms with E-state index in [0.29, 0.717) is 6.54 Å². The Balaban J connectivity index is 1.54. The van der Waals surface area contributed by atoms with Crippen LogP contribution in [0.5, 0.6) is 0 Å². The molecule has 0 fully saturated rings. The van der Waals surface area contributed by atoms with Crippen LogP contribution in [0.4, 0.5) is 9.80 Å². The summed E-state index contributed by atoms with van der Waals surface area (Å²) in [5.41, 5.74) is 9.54. The van der Waals surface area contributed by atoms with Gasteiger partial charge in [0, 0.05) is 24.5 Å². The maximum absolute atomic E-state index is 13.0. The molecule has 1 aromatic heterocycles. The van der Waals surface area contributed by atoms with E-state index in [9.17, 15) is 4.79 Å². The molecule has 4 N–H and O–H groups in total. The fraction of sp³-hybridized carbons (Fsp3) is 0.536. The molecule has 184 valence electrons. The number of carbonyl (C=O) groups excluding carboxylic acids is 1. The Hall–Kier alpha value is -2.31. The smallest absolute Gasteiger partial charge is 0.320 e. The zero-order valence-corrected chi connectivity index (χ0v) is 21.9. The Bertz CT molecular complexity index is 1030. The van der Waals surface area contributed by atoms with Crippen LogP contribution in [0.15, 0.2) is 46.2 Å². The van der Waals surface area contributed by atoms with Gasteiger partial charge in [0.2, 0.25) is 0 Å². The van der Waals surface area contributed by atoms with E-state index in [1.165, 1.54) is 69.6 Å². The maximum Gasteiger partial charge on any atom is 0.320 e. The summed E-state index contributed by atoms with van der Waals surface area (Å²) in [6.45, 7) is 9.94.